The number of hydrogen-bond donors (Lipinski definition) is 1. The molecule has 0 unspecified atom stereocenters. The molecule has 1 aliphatic carbocycles. The van der Waals surface area contributed by atoms with Crippen LogP contribution in [0.15, 0.2) is 30.6 Å². The summed E-state index contributed by atoms with van der Waals surface area (Å²) in [7, 11) is 0. The molecule has 4 nitrogen and oxygen atoms in total. The van der Waals surface area contributed by atoms with E-state index in [-0.39, 0.29) is 0 Å². The highest BCUT2D eigenvalue weighted by Crippen LogP contribution is 2.22. The third kappa shape index (κ3) is 3.13. The topological polar surface area (TPSA) is 50.7 Å². The highest BCUT2D eigenvalue weighted by atomic mass is 15.1. The van der Waals surface area contributed by atoms with E-state index in [1.165, 1.54) is 32.1 Å². The number of nitrogens with one attached hydrogen (secondary N) is 1. The molecule has 1 fully saturated rings. The first-order valence-electron chi connectivity index (χ1n) is 7.34. The molecular weight excluding hydrogens is 248 g/mol. The van der Waals surface area contributed by atoms with Crippen molar-refractivity contribution in [3.05, 3.63) is 36.3 Å². The minimum absolute atomic E-state index is 0.526. The van der Waals surface area contributed by atoms with Crippen molar-refractivity contribution in [2.75, 3.05) is 5.32 Å². The fourth-order valence-corrected chi connectivity index (χ4v) is 2.72. The lowest BCUT2D eigenvalue weighted by Gasteiger charge is -2.22. The van der Waals surface area contributed by atoms with Crippen LogP contribution in [0.1, 0.15) is 37.8 Å². The predicted molar refractivity (Wildman–Crippen MR) is 80.5 cm³/mol. The summed E-state index contributed by atoms with van der Waals surface area (Å²) >= 11 is 0. The Balaban J connectivity index is 1.78. The first-order chi connectivity index (χ1) is 9.81. The van der Waals surface area contributed by atoms with Crippen molar-refractivity contribution < 1.29 is 0 Å². The molecule has 0 aromatic carbocycles. The second kappa shape index (κ2) is 5.99. The molecule has 2 aromatic heterocycles. The van der Waals surface area contributed by atoms with Crippen LogP contribution < -0.4 is 5.32 Å². The lowest BCUT2D eigenvalue weighted by Crippen LogP contribution is -2.23. The molecule has 104 valence electrons. The van der Waals surface area contributed by atoms with Crippen molar-refractivity contribution in [2.24, 2.45) is 0 Å². The van der Waals surface area contributed by atoms with Gasteiger partial charge >= 0.3 is 0 Å². The van der Waals surface area contributed by atoms with E-state index >= 15 is 0 Å². The van der Waals surface area contributed by atoms with Crippen LogP contribution in [0.4, 0.5) is 5.95 Å². The summed E-state index contributed by atoms with van der Waals surface area (Å²) in [6, 6.07) is 6.51. The summed E-state index contributed by atoms with van der Waals surface area (Å²) in [5.41, 5.74) is 3.04. The Morgan fingerprint density at radius 2 is 1.85 bits per heavy atom. The molecule has 0 amide bonds. The van der Waals surface area contributed by atoms with Crippen molar-refractivity contribution in [3.8, 4) is 11.3 Å². The Morgan fingerprint density at radius 3 is 2.65 bits per heavy atom. The van der Waals surface area contributed by atoms with Gasteiger partial charge in [0.25, 0.3) is 0 Å². The SMILES string of the molecule is Cc1cc(-c2ccnc(NC3CCCCC3)n2)ccn1. The Morgan fingerprint density at radius 1 is 1.05 bits per heavy atom. The molecule has 3 rings (SSSR count). The zero-order chi connectivity index (χ0) is 13.8. The van der Waals surface area contributed by atoms with Gasteiger partial charge in [-0.15, -0.1) is 0 Å². The summed E-state index contributed by atoms with van der Waals surface area (Å²) < 4.78 is 0. The van der Waals surface area contributed by atoms with Gasteiger partial charge in [0.2, 0.25) is 5.95 Å². The van der Waals surface area contributed by atoms with E-state index in [4.69, 9.17) is 0 Å². The van der Waals surface area contributed by atoms with Gasteiger partial charge in [0.05, 0.1) is 5.69 Å². The van der Waals surface area contributed by atoms with Gasteiger partial charge in [-0.1, -0.05) is 19.3 Å². The Kier molecular flexibility index (Phi) is 3.90. The van der Waals surface area contributed by atoms with Crippen LogP contribution in [-0.2, 0) is 0 Å². The zero-order valence-electron chi connectivity index (χ0n) is 11.8. The number of pyridine rings is 1. The maximum absolute atomic E-state index is 4.63. The molecule has 0 spiro atoms. The lowest BCUT2D eigenvalue weighted by atomic mass is 9.96. The van der Waals surface area contributed by atoms with Crippen LogP contribution in [0, 0.1) is 6.92 Å². The molecule has 4 heteroatoms. The number of hydrogen-bond acceptors (Lipinski definition) is 4. The molecule has 0 aliphatic heterocycles. The molecule has 2 aromatic rings. The molecule has 1 saturated carbocycles. The Labute approximate surface area is 119 Å². The molecular formula is C16H20N4. The van der Waals surface area contributed by atoms with Crippen molar-refractivity contribution in [1.29, 1.82) is 0 Å². The fourth-order valence-electron chi connectivity index (χ4n) is 2.72. The molecule has 1 N–H and O–H groups in total. The second-order valence-electron chi connectivity index (χ2n) is 5.43. The fraction of sp³-hybridized carbons (Fsp3) is 0.438. The minimum Gasteiger partial charge on any atom is -0.351 e. The monoisotopic (exact) mass is 268 g/mol. The van der Waals surface area contributed by atoms with Crippen molar-refractivity contribution in [2.45, 2.75) is 45.1 Å². The van der Waals surface area contributed by atoms with E-state index in [1.807, 2.05) is 37.5 Å². The molecule has 0 bridgehead atoms. The van der Waals surface area contributed by atoms with Gasteiger partial charge in [-0.25, -0.2) is 9.97 Å². The third-order valence-corrected chi connectivity index (χ3v) is 3.79. The van der Waals surface area contributed by atoms with Gasteiger partial charge in [0.15, 0.2) is 0 Å². The largest absolute Gasteiger partial charge is 0.351 e. The maximum atomic E-state index is 4.63. The zero-order valence-corrected chi connectivity index (χ0v) is 11.8. The van der Waals surface area contributed by atoms with Gasteiger partial charge in [-0.05, 0) is 38.0 Å². The average Bonchev–Trinajstić information content (AvgIpc) is 2.49. The number of aryl methyl sites for hydroxylation is 1. The number of anilines is 1. The molecule has 1 aliphatic rings. The lowest BCUT2D eigenvalue weighted by molar-refractivity contribution is 0.461. The third-order valence-electron chi connectivity index (χ3n) is 3.79. The Hall–Kier alpha value is -1.97. The van der Waals surface area contributed by atoms with Crippen LogP contribution in [0.3, 0.4) is 0 Å². The summed E-state index contributed by atoms with van der Waals surface area (Å²) in [6.07, 6.45) is 10.1. The maximum Gasteiger partial charge on any atom is 0.223 e. The van der Waals surface area contributed by atoms with Crippen LogP contribution in [0.5, 0.6) is 0 Å². The number of aromatic nitrogens is 3. The summed E-state index contributed by atoms with van der Waals surface area (Å²) in [5, 5.41) is 3.47. The van der Waals surface area contributed by atoms with E-state index in [9.17, 15) is 0 Å². The molecule has 0 radical (unpaired) electrons. The summed E-state index contributed by atoms with van der Waals surface area (Å²) in [6.45, 7) is 1.99. The number of rotatable bonds is 3. The molecule has 2 heterocycles. The average molecular weight is 268 g/mol. The quantitative estimate of drug-likeness (QED) is 0.924. The highest BCUT2D eigenvalue weighted by Gasteiger charge is 2.14. The first kappa shape index (κ1) is 13.0. The Bertz CT molecular complexity index is 576. The molecule has 20 heavy (non-hydrogen) atoms. The normalized spacial score (nSPS) is 16.1. The first-order valence-corrected chi connectivity index (χ1v) is 7.34. The van der Waals surface area contributed by atoms with Crippen molar-refractivity contribution >= 4 is 5.95 Å². The van der Waals surface area contributed by atoms with Gasteiger partial charge in [-0.3, -0.25) is 4.98 Å². The van der Waals surface area contributed by atoms with Crippen LogP contribution in [-0.4, -0.2) is 21.0 Å². The van der Waals surface area contributed by atoms with E-state index < -0.39 is 0 Å². The molecule has 0 saturated heterocycles. The van der Waals surface area contributed by atoms with Gasteiger partial charge < -0.3 is 5.32 Å². The summed E-state index contributed by atoms with van der Waals surface area (Å²) in [4.78, 5) is 13.2. The minimum atomic E-state index is 0.526. The standard InChI is InChI=1S/C16H20N4/c1-12-11-13(7-9-17-12)15-8-10-18-16(20-15)19-14-5-3-2-4-6-14/h7-11,14H,2-6H2,1H3,(H,18,19,20). The van der Waals surface area contributed by atoms with Crippen LogP contribution >= 0.6 is 0 Å². The smallest absolute Gasteiger partial charge is 0.223 e. The van der Waals surface area contributed by atoms with Crippen molar-refractivity contribution in [1.82, 2.24) is 15.0 Å². The van der Waals surface area contributed by atoms with Crippen LogP contribution in [0.25, 0.3) is 11.3 Å². The summed E-state index contributed by atoms with van der Waals surface area (Å²) in [5.74, 6) is 0.740. The second-order valence-corrected chi connectivity index (χ2v) is 5.43. The van der Waals surface area contributed by atoms with Gasteiger partial charge in [-0.2, -0.15) is 0 Å². The molecule has 0 atom stereocenters. The van der Waals surface area contributed by atoms with Gasteiger partial charge in [0.1, 0.15) is 0 Å². The highest BCUT2D eigenvalue weighted by molar-refractivity contribution is 5.59. The van der Waals surface area contributed by atoms with E-state index in [1.54, 1.807) is 0 Å². The van der Waals surface area contributed by atoms with E-state index in [0.717, 1.165) is 22.9 Å². The number of nitrogens with zero attached hydrogens (tertiary/aromatic N) is 3. The van der Waals surface area contributed by atoms with E-state index in [2.05, 4.69) is 20.3 Å². The van der Waals surface area contributed by atoms with Crippen LogP contribution in [0.2, 0.25) is 0 Å². The van der Waals surface area contributed by atoms with E-state index in [0.29, 0.717) is 6.04 Å². The van der Waals surface area contributed by atoms with Gasteiger partial charge in [0, 0.05) is 29.7 Å². The predicted octanol–water partition coefficient (Wildman–Crippen LogP) is 3.59. The van der Waals surface area contributed by atoms with Crippen molar-refractivity contribution in [3.63, 3.8) is 0 Å².